The van der Waals surface area contributed by atoms with Gasteiger partial charge in [0.1, 0.15) is 11.6 Å². The van der Waals surface area contributed by atoms with Crippen LogP contribution < -0.4 is 0 Å². The van der Waals surface area contributed by atoms with Crippen LogP contribution in [0.2, 0.25) is 0 Å². The Hall–Kier alpha value is -2.51. The van der Waals surface area contributed by atoms with Crippen LogP contribution in [0.15, 0.2) is 30.6 Å². The third kappa shape index (κ3) is 3.04. The number of amides is 2. The number of hydrogen-bond donors (Lipinski definition) is 0. The maximum Gasteiger partial charge on any atom is 0.320 e. The molecule has 1 atom stereocenters. The molecule has 0 unspecified atom stereocenters. The van der Waals surface area contributed by atoms with Gasteiger partial charge in [0.05, 0.1) is 12.2 Å². The molecule has 1 aliphatic carbocycles. The third-order valence-corrected chi connectivity index (χ3v) is 6.54. The molecule has 2 amide bonds. The predicted octanol–water partition coefficient (Wildman–Crippen LogP) is 2.88. The molecule has 0 radical (unpaired) electrons. The second-order valence-corrected chi connectivity index (χ2v) is 8.62. The quantitative estimate of drug-likeness (QED) is 0.814. The molecule has 3 heterocycles. The number of carbonyl (C=O) groups excluding carboxylic acids is 1. The molecular formula is C20H23F2N5O. The lowest BCUT2D eigenvalue weighted by Crippen LogP contribution is -2.65. The van der Waals surface area contributed by atoms with Crippen molar-refractivity contribution in [3.8, 4) is 0 Å². The molecule has 1 saturated carbocycles. The molecule has 8 heteroatoms. The van der Waals surface area contributed by atoms with Gasteiger partial charge in [0.25, 0.3) is 0 Å². The van der Waals surface area contributed by atoms with Crippen LogP contribution in [0.1, 0.15) is 30.9 Å². The maximum atomic E-state index is 13.8. The zero-order valence-electron chi connectivity index (χ0n) is 15.6. The standard InChI is InChI=1S/C20H23F2N5O/c21-16-2-1-15(18(22)8-16)7-14-9-20(10-14)12-26(13-20)19(28)25-5-3-17(11-25)27-6-4-23-24-27/h1-2,4,6,8,14,17H,3,5,7,9-13H2/t17-/m1/s1. The molecular weight excluding hydrogens is 364 g/mol. The second kappa shape index (κ2) is 6.53. The smallest absolute Gasteiger partial charge is 0.320 e. The van der Waals surface area contributed by atoms with Gasteiger partial charge in [-0.25, -0.2) is 18.3 Å². The summed E-state index contributed by atoms with van der Waals surface area (Å²) in [6.45, 7) is 3.01. The maximum absolute atomic E-state index is 13.8. The molecule has 2 aromatic rings. The average Bonchev–Trinajstić information content (AvgIpc) is 3.28. The van der Waals surface area contributed by atoms with E-state index in [1.807, 2.05) is 20.7 Å². The average molecular weight is 387 g/mol. The normalized spacial score (nSPS) is 23.7. The molecule has 1 aromatic heterocycles. The summed E-state index contributed by atoms with van der Waals surface area (Å²) < 4.78 is 28.7. The van der Waals surface area contributed by atoms with Crippen LogP contribution in [0, 0.1) is 23.0 Å². The van der Waals surface area contributed by atoms with Crippen molar-refractivity contribution in [3.05, 3.63) is 47.8 Å². The number of likely N-dealkylation sites (tertiary alicyclic amines) is 2. The number of halogens is 2. The fourth-order valence-electron chi connectivity index (χ4n) is 5.21. The Morgan fingerprint density at radius 3 is 2.75 bits per heavy atom. The van der Waals surface area contributed by atoms with Gasteiger partial charge in [0, 0.05) is 43.9 Å². The van der Waals surface area contributed by atoms with Gasteiger partial charge >= 0.3 is 6.03 Å². The topological polar surface area (TPSA) is 54.3 Å². The van der Waals surface area contributed by atoms with E-state index in [0.717, 1.165) is 45.0 Å². The van der Waals surface area contributed by atoms with Crippen LogP contribution in [-0.4, -0.2) is 57.0 Å². The van der Waals surface area contributed by atoms with Gasteiger partial charge in [-0.05, 0) is 43.2 Å². The van der Waals surface area contributed by atoms with E-state index in [1.165, 1.54) is 6.07 Å². The Morgan fingerprint density at radius 2 is 2.04 bits per heavy atom. The number of aromatic nitrogens is 3. The first kappa shape index (κ1) is 17.6. The van der Waals surface area contributed by atoms with Gasteiger partial charge in [-0.1, -0.05) is 11.3 Å². The number of rotatable bonds is 3. The van der Waals surface area contributed by atoms with Crippen LogP contribution in [-0.2, 0) is 6.42 Å². The van der Waals surface area contributed by atoms with Gasteiger partial charge in [-0.3, -0.25) is 0 Å². The molecule has 0 N–H and O–H groups in total. The van der Waals surface area contributed by atoms with Gasteiger partial charge in [-0.15, -0.1) is 5.10 Å². The van der Waals surface area contributed by atoms with E-state index in [0.29, 0.717) is 24.4 Å². The third-order valence-electron chi connectivity index (χ3n) is 6.54. The van der Waals surface area contributed by atoms with Gasteiger partial charge in [0.15, 0.2) is 0 Å². The van der Waals surface area contributed by atoms with Gasteiger partial charge in [0.2, 0.25) is 0 Å². The highest BCUT2D eigenvalue weighted by Gasteiger charge is 2.54. The van der Waals surface area contributed by atoms with Crippen LogP contribution in [0.5, 0.6) is 0 Å². The molecule has 0 bridgehead atoms. The molecule has 28 heavy (non-hydrogen) atoms. The van der Waals surface area contributed by atoms with Crippen molar-refractivity contribution in [2.24, 2.45) is 11.3 Å². The van der Waals surface area contributed by atoms with Crippen LogP contribution in [0.3, 0.4) is 0 Å². The highest BCUT2D eigenvalue weighted by atomic mass is 19.1. The summed E-state index contributed by atoms with van der Waals surface area (Å²) in [4.78, 5) is 16.6. The van der Waals surface area contributed by atoms with Crippen molar-refractivity contribution in [1.82, 2.24) is 24.8 Å². The van der Waals surface area contributed by atoms with Crippen molar-refractivity contribution in [2.75, 3.05) is 26.2 Å². The first-order valence-corrected chi connectivity index (χ1v) is 9.85. The first-order valence-electron chi connectivity index (χ1n) is 9.85. The molecule has 3 fully saturated rings. The summed E-state index contributed by atoms with van der Waals surface area (Å²) >= 11 is 0. The number of nitrogens with zero attached hydrogens (tertiary/aromatic N) is 5. The highest BCUT2D eigenvalue weighted by molar-refractivity contribution is 5.76. The van der Waals surface area contributed by atoms with Crippen molar-refractivity contribution in [3.63, 3.8) is 0 Å². The Morgan fingerprint density at radius 1 is 1.21 bits per heavy atom. The largest absolute Gasteiger partial charge is 0.323 e. The predicted molar refractivity (Wildman–Crippen MR) is 97.4 cm³/mol. The van der Waals surface area contributed by atoms with E-state index < -0.39 is 11.6 Å². The fourth-order valence-corrected chi connectivity index (χ4v) is 5.21. The van der Waals surface area contributed by atoms with Crippen LogP contribution in [0.4, 0.5) is 13.6 Å². The van der Waals surface area contributed by atoms with Gasteiger partial charge in [-0.2, -0.15) is 0 Å². The molecule has 6 nitrogen and oxygen atoms in total. The molecule has 1 aromatic carbocycles. The zero-order chi connectivity index (χ0) is 19.3. The Labute approximate surface area is 162 Å². The summed E-state index contributed by atoms with van der Waals surface area (Å²) in [6.07, 6.45) is 7.07. The SMILES string of the molecule is O=C(N1CC[C@@H](n2ccnn2)C1)N1CC2(CC(Cc3ccc(F)cc3F)C2)C1. The minimum atomic E-state index is -0.535. The number of carbonyl (C=O) groups is 1. The minimum absolute atomic E-state index is 0.112. The Bertz CT molecular complexity index is 873. The summed E-state index contributed by atoms with van der Waals surface area (Å²) in [6, 6.07) is 4.14. The van der Waals surface area contributed by atoms with E-state index >= 15 is 0 Å². The Balaban J connectivity index is 1.10. The molecule has 3 aliphatic rings. The first-order chi connectivity index (χ1) is 13.5. The second-order valence-electron chi connectivity index (χ2n) is 8.62. The summed E-state index contributed by atoms with van der Waals surface area (Å²) in [5.74, 6) is -0.574. The molecule has 5 rings (SSSR count). The lowest BCUT2D eigenvalue weighted by molar-refractivity contribution is -0.0756. The molecule has 1 spiro atoms. The lowest BCUT2D eigenvalue weighted by atomic mass is 9.56. The van der Waals surface area contributed by atoms with E-state index in [9.17, 15) is 13.6 Å². The van der Waals surface area contributed by atoms with E-state index in [2.05, 4.69) is 10.3 Å². The summed E-state index contributed by atoms with van der Waals surface area (Å²) in [5, 5.41) is 7.88. The number of hydrogen-bond acceptors (Lipinski definition) is 3. The Kier molecular flexibility index (Phi) is 4.10. The van der Waals surface area contributed by atoms with Crippen LogP contribution >= 0.6 is 0 Å². The molecule has 2 saturated heterocycles. The van der Waals surface area contributed by atoms with Crippen molar-refractivity contribution >= 4 is 6.03 Å². The number of urea groups is 1. The fraction of sp³-hybridized carbons (Fsp3) is 0.550. The van der Waals surface area contributed by atoms with Crippen molar-refractivity contribution in [2.45, 2.75) is 31.7 Å². The van der Waals surface area contributed by atoms with E-state index in [4.69, 9.17) is 0 Å². The summed E-state index contributed by atoms with van der Waals surface area (Å²) in [7, 11) is 0. The van der Waals surface area contributed by atoms with E-state index in [-0.39, 0.29) is 17.5 Å². The molecule has 148 valence electrons. The molecule has 2 aliphatic heterocycles. The summed E-state index contributed by atoms with van der Waals surface area (Å²) in [5.41, 5.74) is 0.798. The lowest BCUT2D eigenvalue weighted by Gasteiger charge is -2.59. The van der Waals surface area contributed by atoms with Crippen molar-refractivity contribution in [1.29, 1.82) is 0 Å². The van der Waals surface area contributed by atoms with Crippen LogP contribution in [0.25, 0.3) is 0 Å². The van der Waals surface area contributed by atoms with Crippen molar-refractivity contribution < 1.29 is 13.6 Å². The van der Waals surface area contributed by atoms with E-state index in [1.54, 1.807) is 12.3 Å². The highest BCUT2D eigenvalue weighted by Crippen LogP contribution is 2.53. The van der Waals surface area contributed by atoms with Gasteiger partial charge < -0.3 is 9.80 Å². The number of benzene rings is 1. The monoisotopic (exact) mass is 387 g/mol. The zero-order valence-corrected chi connectivity index (χ0v) is 15.6. The minimum Gasteiger partial charge on any atom is -0.323 e.